The number of esters is 1. The lowest BCUT2D eigenvalue weighted by atomic mass is 10.1. The number of nitrogens with one attached hydrogen (secondary N) is 1. The summed E-state index contributed by atoms with van der Waals surface area (Å²) in [4.78, 5) is 11.2. The SMILES string of the molecule is COC(=O)C(C)(O)CNCc1ccccc1O. The second-order valence-electron chi connectivity index (χ2n) is 4.00. The Hall–Kier alpha value is -1.59. The van der Waals surface area contributed by atoms with Gasteiger partial charge in [-0.3, -0.25) is 0 Å². The van der Waals surface area contributed by atoms with Gasteiger partial charge in [-0.2, -0.15) is 0 Å². The predicted molar refractivity (Wildman–Crippen MR) is 62.5 cm³/mol. The zero-order valence-electron chi connectivity index (χ0n) is 9.93. The van der Waals surface area contributed by atoms with Gasteiger partial charge in [-0.25, -0.2) is 4.79 Å². The van der Waals surface area contributed by atoms with E-state index in [0.717, 1.165) is 0 Å². The smallest absolute Gasteiger partial charge is 0.338 e. The summed E-state index contributed by atoms with van der Waals surface area (Å²) in [7, 11) is 1.22. The fraction of sp³-hybridized carbons (Fsp3) is 0.417. The summed E-state index contributed by atoms with van der Waals surface area (Å²) >= 11 is 0. The largest absolute Gasteiger partial charge is 0.508 e. The van der Waals surface area contributed by atoms with Gasteiger partial charge in [0, 0.05) is 18.7 Å². The van der Waals surface area contributed by atoms with Gasteiger partial charge in [0.05, 0.1) is 7.11 Å². The van der Waals surface area contributed by atoms with Gasteiger partial charge in [0.1, 0.15) is 5.75 Å². The van der Waals surface area contributed by atoms with Crippen LogP contribution in [0.2, 0.25) is 0 Å². The molecule has 0 aromatic heterocycles. The van der Waals surface area contributed by atoms with E-state index in [9.17, 15) is 15.0 Å². The maximum Gasteiger partial charge on any atom is 0.338 e. The first-order valence-electron chi connectivity index (χ1n) is 5.26. The molecule has 0 bridgehead atoms. The van der Waals surface area contributed by atoms with Gasteiger partial charge in [0.2, 0.25) is 0 Å². The first-order chi connectivity index (χ1) is 7.97. The minimum atomic E-state index is -1.57. The van der Waals surface area contributed by atoms with Crippen molar-refractivity contribution < 1.29 is 19.7 Å². The van der Waals surface area contributed by atoms with Crippen LogP contribution in [0.5, 0.6) is 5.75 Å². The quantitative estimate of drug-likeness (QED) is 0.648. The summed E-state index contributed by atoms with van der Waals surface area (Å²) in [5, 5.41) is 22.1. The maximum absolute atomic E-state index is 11.2. The van der Waals surface area contributed by atoms with Crippen LogP contribution in [0.25, 0.3) is 0 Å². The van der Waals surface area contributed by atoms with Crippen LogP contribution in [0.1, 0.15) is 12.5 Å². The van der Waals surface area contributed by atoms with Gasteiger partial charge in [-0.1, -0.05) is 18.2 Å². The molecule has 0 saturated carbocycles. The molecule has 0 saturated heterocycles. The van der Waals surface area contributed by atoms with E-state index >= 15 is 0 Å². The van der Waals surface area contributed by atoms with Gasteiger partial charge >= 0.3 is 5.97 Å². The zero-order valence-corrected chi connectivity index (χ0v) is 9.93. The Kier molecular flexibility index (Phi) is 4.48. The molecule has 0 amide bonds. The fourth-order valence-electron chi connectivity index (χ4n) is 1.39. The number of aromatic hydroxyl groups is 1. The molecule has 1 rings (SSSR count). The molecule has 0 spiro atoms. The third kappa shape index (κ3) is 3.72. The third-order valence-corrected chi connectivity index (χ3v) is 2.40. The van der Waals surface area contributed by atoms with E-state index in [1.165, 1.54) is 14.0 Å². The fourth-order valence-corrected chi connectivity index (χ4v) is 1.39. The van der Waals surface area contributed by atoms with Crippen molar-refractivity contribution in [2.45, 2.75) is 19.1 Å². The van der Waals surface area contributed by atoms with Crippen LogP contribution in [-0.4, -0.2) is 35.4 Å². The average Bonchev–Trinajstić information content (AvgIpc) is 2.30. The van der Waals surface area contributed by atoms with Gasteiger partial charge < -0.3 is 20.3 Å². The van der Waals surface area contributed by atoms with Gasteiger partial charge in [0.25, 0.3) is 0 Å². The van der Waals surface area contributed by atoms with Crippen molar-refractivity contribution in [1.29, 1.82) is 0 Å². The third-order valence-electron chi connectivity index (χ3n) is 2.40. The Bertz CT molecular complexity index is 390. The monoisotopic (exact) mass is 239 g/mol. The molecule has 94 valence electrons. The summed E-state index contributed by atoms with van der Waals surface area (Å²) < 4.78 is 4.46. The molecule has 1 unspecified atom stereocenters. The van der Waals surface area contributed by atoms with Crippen LogP contribution in [-0.2, 0) is 16.1 Å². The first-order valence-corrected chi connectivity index (χ1v) is 5.26. The van der Waals surface area contributed by atoms with E-state index in [1.807, 2.05) is 0 Å². The molecule has 0 fully saturated rings. The van der Waals surface area contributed by atoms with E-state index < -0.39 is 11.6 Å². The highest BCUT2D eigenvalue weighted by atomic mass is 16.5. The lowest BCUT2D eigenvalue weighted by Crippen LogP contribution is -2.45. The van der Waals surface area contributed by atoms with Crippen molar-refractivity contribution in [2.24, 2.45) is 0 Å². The van der Waals surface area contributed by atoms with Crippen molar-refractivity contribution in [3.05, 3.63) is 29.8 Å². The van der Waals surface area contributed by atoms with Gasteiger partial charge in [-0.15, -0.1) is 0 Å². The van der Waals surface area contributed by atoms with Crippen LogP contribution >= 0.6 is 0 Å². The number of carbonyl (C=O) groups excluding carboxylic acids is 1. The van der Waals surface area contributed by atoms with Crippen LogP contribution in [0, 0.1) is 0 Å². The summed E-state index contributed by atoms with van der Waals surface area (Å²) in [6.45, 7) is 1.78. The Balaban J connectivity index is 2.48. The van der Waals surface area contributed by atoms with Crippen molar-refractivity contribution in [2.75, 3.05) is 13.7 Å². The number of rotatable bonds is 5. The number of benzene rings is 1. The van der Waals surface area contributed by atoms with Crippen LogP contribution in [0.4, 0.5) is 0 Å². The highest BCUT2D eigenvalue weighted by molar-refractivity contribution is 5.78. The minimum Gasteiger partial charge on any atom is -0.508 e. The van der Waals surface area contributed by atoms with E-state index in [0.29, 0.717) is 12.1 Å². The Labute approximate surface area is 100 Å². The average molecular weight is 239 g/mol. The molecular formula is C12H17NO4. The van der Waals surface area contributed by atoms with Gasteiger partial charge in [-0.05, 0) is 13.0 Å². The number of phenols is 1. The number of ether oxygens (including phenoxy) is 1. The maximum atomic E-state index is 11.2. The minimum absolute atomic E-state index is 0.0496. The summed E-state index contributed by atoms with van der Waals surface area (Å²) in [5.41, 5.74) is -0.868. The molecule has 5 heteroatoms. The zero-order chi connectivity index (χ0) is 12.9. The second kappa shape index (κ2) is 5.65. The lowest BCUT2D eigenvalue weighted by molar-refractivity contribution is -0.159. The summed E-state index contributed by atoms with van der Waals surface area (Å²) in [6, 6.07) is 6.86. The molecule has 0 heterocycles. The van der Waals surface area contributed by atoms with Crippen molar-refractivity contribution in [1.82, 2.24) is 5.32 Å². The molecule has 17 heavy (non-hydrogen) atoms. The lowest BCUT2D eigenvalue weighted by Gasteiger charge is -2.20. The van der Waals surface area contributed by atoms with Crippen molar-refractivity contribution in [3.63, 3.8) is 0 Å². The number of hydrogen-bond acceptors (Lipinski definition) is 5. The van der Waals surface area contributed by atoms with E-state index in [-0.39, 0.29) is 12.3 Å². The van der Waals surface area contributed by atoms with Gasteiger partial charge in [0.15, 0.2) is 5.60 Å². The number of methoxy groups -OCH3 is 1. The molecule has 3 N–H and O–H groups in total. The number of phenolic OH excluding ortho intramolecular Hbond substituents is 1. The molecule has 1 aromatic rings. The number of para-hydroxylation sites is 1. The highest BCUT2D eigenvalue weighted by Gasteiger charge is 2.30. The van der Waals surface area contributed by atoms with Crippen molar-refractivity contribution >= 4 is 5.97 Å². The topological polar surface area (TPSA) is 78.8 Å². The Morgan fingerprint density at radius 2 is 2.12 bits per heavy atom. The second-order valence-corrected chi connectivity index (χ2v) is 4.00. The molecule has 0 aliphatic rings. The Morgan fingerprint density at radius 3 is 2.71 bits per heavy atom. The molecular weight excluding hydrogens is 222 g/mol. The standard InChI is InChI=1S/C12H17NO4/c1-12(16,11(15)17-2)8-13-7-9-5-3-4-6-10(9)14/h3-6,13-14,16H,7-8H2,1-2H3. The Morgan fingerprint density at radius 1 is 1.47 bits per heavy atom. The molecule has 1 atom stereocenters. The van der Waals surface area contributed by atoms with Crippen LogP contribution in [0.15, 0.2) is 24.3 Å². The summed E-state index contributed by atoms with van der Waals surface area (Å²) in [5.74, 6) is -0.514. The number of aliphatic hydroxyl groups is 1. The van der Waals surface area contributed by atoms with E-state index in [1.54, 1.807) is 24.3 Å². The normalized spacial score (nSPS) is 14.1. The summed E-state index contributed by atoms with van der Waals surface area (Å²) in [6.07, 6.45) is 0. The highest BCUT2D eigenvalue weighted by Crippen LogP contribution is 2.15. The number of carbonyl (C=O) groups is 1. The molecule has 5 nitrogen and oxygen atoms in total. The molecule has 0 radical (unpaired) electrons. The molecule has 0 aliphatic heterocycles. The number of hydrogen-bond donors (Lipinski definition) is 3. The van der Waals surface area contributed by atoms with E-state index in [4.69, 9.17) is 0 Å². The van der Waals surface area contributed by atoms with E-state index in [2.05, 4.69) is 10.1 Å². The first kappa shape index (κ1) is 13.5. The molecule has 0 aliphatic carbocycles. The van der Waals surface area contributed by atoms with Crippen LogP contribution in [0.3, 0.4) is 0 Å². The van der Waals surface area contributed by atoms with Crippen molar-refractivity contribution in [3.8, 4) is 5.75 Å². The molecule has 1 aromatic carbocycles. The predicted octanol–water partition coefficient (Wildman–Crippen LogP) is 0.406. The van der Waals surface area contributed by atoms with Crippen LogP contribution < -0.4 is 5.32 Å².